The number of carbonyl (C=O) groups excluding carboxylic acids is 1. The first-order chi connectivity index (χ1) is 12.7. The van der Waals surface area contributed by atoms with Crippen molar-refractivity contribution < 1.29 is 9.18 Å². The van der Waals surface area contributed by atoms with Gasteiger partial charge in [-0.25, -0.2) is 4.39 Å². The first kappa shape index (κ1) is 17.6. The first-order valence-electron chi connectivity index (χ1n) is 8.47. The van der Waals surface area contributed by atoms with Gasteiger partial charge in [0.25, 0.3) is 5.91 Å². The highest BCUT2D eigenvalue weighted by Crippen LogP contribution is 2.10. The van der Waals surface area contributed by atoms with Gasteiger partial charge in [0.2, 0.25) is 0 Å². The number of pyridine rings is 1. The topological polar surface area (TPSA) is 54.0 Å². The van der Waals surface area contributed by atoms with Gasteiger partial charge in [0.1, 0.15) is 5.82 Å². The highest BCUT2D eigenvalue weighted by molar-refractivity contribution is 5.94. The van der Waals surface area contributed by atoms with Gasteiger partial charge in [-0.05, 0) is 24.1 Å². The van der Waals surface area contributed by atoms with Gasteiger partial charge in [0, 0.05) is 31.0 Å². The van der Waals surface area contributed by atoms with Gasteiger partial charge in [0.15, 0.2) is 0 Å². The predicted molar refractivity (Wildman–Crippen MR) is 100 cm³/mol. The molecule has 3 rings (SSSR count). The average Bonchev–Trinajstić information content (AvgIpc) is 2.68. The lowest BCUT2D eigenvalue weighted by atomic mass is 10.1. The van der Waals surface area contributed by atoms with E-state index < -0.39 is 0 Å². The molecule has 0 aliphatic heterocycles. The Bertz CT molecular complexity index is 868. The molecule has 0 radical (unpaired) electrons. The zero-order valence-electron chi connectivity index (χ0n) is 14.3. The van der Waals surface area contributed by atoms with Crippen molar-refractivity contribution >= 4 is 11.6 Å². The van der Waals surface area contributed by atoms with E-state index >= 15 is 0 Å². The Kier molecular flexibility index (Phi) is 5.93. The van der Waals surface area contributed by atoms with Crippen LogP contribution in [-0.2, 0) is 13.0 Å². The van der Waals surface area contributed by atoms with Crippen LogP contribution in [0.1, 0.15) is 21.5 Å². The van der Waals surface area contributed by atoms with Gasteiger partial charge in [-0.3, -0.25) is 9.78 Å². The van der Waals surface area contributed by atoms with Crippen LogP contribution in [0.25, 0.3) is 0 Å². The van der Waals surface area contributed by atoms with Gasteiger partial charge in [-0.1, -0.05) is 48.5 Å². The minimum Gasteiger partial charge on any atom is -0.383 e. The summed E-state index contributed by atoms with van der Waals surface area (Å²) >= 11 is 0. The molecule has 0 aliphatic rings. The Balaban J connectivity index is 1.54. The van der Waals surface area contributed by atoms with E-state index in [1.807, 2.05) is 18.2 Å². The molecule has 5 heteroatoms. The van der Waals surface area contributed by atoms with Gasteiger partial charge < -0.3 is 10.6 Å². The lowest BCUT2D eigenvalue weighted by molar-refractivity contribution is 0.0950. The molecule has 0 saturated heterocycles. The molecular formula is C21H20FN3O. The Hall–Kier alpha value is -3.21. The van der Waals surface area contributed by atoms with Crippen molar-refractivity contribution in [2.24, 2.45) is 0 Å². The summed E-state index contributed by atoms with van der Waals surface area (Å²) in [4.78, 5) is 16.4. The van der Waals surface area contributed by atoms with Crippen molar-refractivity contribution in [1.82, 2.24) is 10.3 Å². The van der Waals surface area contributed by atoms with Gasteiger partial charge in [-0.15, -0.1) is 0 Å². The van der Waals surface area contributed by atoms with E-state index in [4.69, 9.17) is 0 Å². The number of anilines is 1. The van der Waals surface area contributed by atoms with Crippen LogP contribution in [0.4, 0.5) is 10.1 Å². The highest BCUT2D eigenvalue weighted by Gasteiger charge is 2.08. The molecule has 0 saturated carbocycles. The minimum atomic E-state index is -0.331. The van der Waals surface area contributed by atoms with Crippen LogP contribution >= 0.6 is 0 Å². The molecule has 4 nitrogen and oxygen atoms in total. The zero-order valence-corrected chi connectivity index (χ0v) is 14.3. The fourth-order valence-corrected chi connectivity index (χ4v) is 2.58. The molecule has 132 valence electrons. The average molecular weight is 349 g/mol. The molecule has 0 unspecified atom stereocenters. The summed E-state index contributed by atoms with van der Waals surface area (Å²) in [5.74, 6) is -0.616. The number of benzene rings is 2. The summed E-state index contributed by atoms with van der Waals surface area (Å²) in [6.07, 6.45) is 4.06. The Morgan fingerprint density at radius 2 is 1.77 bits per heavy atom. The summed E-state index contributed by atoms with van der Waals surface area (Å²) < 4.78 is 13.6. The second-order valence-corrected chi connectivity index (χ2v) is 5.90. The maximum absolute atomic E-state index is 13.6. The van der Waals surface area contributed by atoms with Crippen LogP contribution in [0.15, 0.2) is 73.1 Å². The van der Waals surface area contributed by atoms with E-state index in [0.717, 1.165) is 18.7 Å². The molecule has 2 N–H and O–H groups in total. The molecule has 0 spiro atoms. The molecule has 0 atom stereocenters. The summed E-state index contributed by atoms with van der Waals surface area (Å²) in [6.45, 7) is 0.878. The van der Waals surface area contributed by atoms with Crippen molar-refractivity contribution in [2.45, 2.75) is 13.0 Å². The molecule has 1 amide bonds. The number of halogens is 1. The van der Waals surface area contributed by atoms with E-state index in [1.54, 1.807) is 30.5 Å². The second-order valence-electron chi connectivity index (χ2n) is 5.90. The van der Waals surface area contributed by atoms with Crippen molar-refractivity contribution in [3.8, 4) is 0 Å². The van der Waals surface area contributed by atoms with E-state index in [9.17, 15) is 9.18 Å². The quantitative estimate of drug-likeness (QED) is 0.682. The molecule has 26 heavy (non-hydrogen) atoms. The molecule has 1 heterocycles. The number of rotatable bonds is 7. The maximum atomic E-state index is 13.6. The predicted octanol–water partition coefficient (Wildman–Crippen LogP) is 3.81. The Morgan fingerprint density at radius 1 is 1.00 bits per heavy atom. The van der Waals surface area contributed by atoms with Crippen molar-refractivity contribution in [1.29, 1.82) is 0 Å². The number of hydrogen-bond donors (Lipinski definition) is 2. The van der Waals surface area contributed by atoms with Crippen molar-refractivity contribution in [2.75, 3.05) is 11.9 Å². The standard InChI is InChI=1S/C21H20FN3O/c22-20-9-5-4-8-17(20)14-25-21(26)18-12-19(15-23-13-18)24-11-10-16-6-2-1-3-7-16/h1-9,12-13,15,24H,10-11,14H2,(H,25,26). The van der Waals surface area contributed by atoms with Gasteiger partial charge in [-0.2, -0.15) is 0 Å². The lowest BCUT2D eigenvalue weighted by Crippen LogP contribution is -2.23. The summed E-state index contributed by atoms with van der Waals surface area (Å²) in [5, 5.41) is 5.99. The third kappa shape index (κ3) is 4.89. The van der Waals surface area contributed by atoms with E-state index in [1.165, 1.54) is 17.8 Å². The molecule has 0 aliphatic carbocycles. The number of nitrogens with zero attached hydrogens (tertiary/aromatic N) is 1. The van der Waals surface area contributed by atoms with Crippen LogP contribution in [0.2, 0.25) is 0 Å². The Labute approximate surface area is 152 Å². The number of aromatic nitrogens is 1. The molecule has 0 fully saturated rings. The minimum absolute atomic E-state index is 0.136. The lowest BCUT2D eigenvalue weighted by Gasteiger charge is -2.09. The normalized spacial score (nSPS) is 10.3. The van der Waals surface area contributed by atoms with E-state index in [2.05, 4.69) is 27.8 Å². The maximum Gasteiger partial charge on any atom is 0.253 e. The third-order valence-corrected chi connectivity index (χ3v) is 3.98. The van der Waals surface area contributed by atoms with Crippen LogP contribution in [0, 0.1) is 5.82 Å². The number of amides is 1. The smallest absolute Gasteiger partial charge is 0.253 e. The van der Waals surface area contributed by atoms with Crippen molar-refractivity contribution in [3.05, 3.63) is 95.6 Å². The molecule has 1 aromatic heterocycles. The number of hydrogen-bond acceptors (Lipinski definition) is 3. The Morgan fingerprint density at radius 3 is 2.58 bits per heavy atom. The first-order valence-corrected chi connectivity index (χ1v) is 8.47. The van der Waals surface area contributed by atoms with Crippen LogP contribution in [-0.4, -0.2) is 17.4 Å². The zero-order chi connectivity index (χ0) is 18.2. The fourth-order valence-electron chi connectivity index (χ4n) is 2.58. The van der Waals surface area contributed by atoms with Gasteiger partial charge in [0.05, 0.1) is 11.3 Å². The molecule has 3 aromatic rings. The number of carbonyl (C=O) groups is 1. The SMILES string of the molecule is O=C(NCc1ccccc1F)c1cncc(NCCc2ccccc2)c1. The van der Waals surface area contributed by atoms with Crippen LogP contribution in [0.5, 0.6) is 0 Å². The third-order valence-electron chi connectivity index (χ3n) is 3.98. The summed E-state index contributed by atoms with van der Waals surface area (Å²) in [7, 11) is 0. The van der Waals surface area contributed by atoms with Crippen LogP contribution in [0.3, 0.4) is 0 Å². The van der Waals surface area contributed by atoms with E-state index in [0.29, 0.717) is 11.1 Å². The largest absolute Gasteiger partial charge is 0.383 e. The fraction of sp³-hybridized carbons (Fsp3) is 0.143. The highest BCUT2D eigenvalue weighted by atomic mass is 19.1. The summed E-state index contributed by atoms with van der Waals surface area (Å²) in [5.41, 5.74) is 2.91. The molecular weight excluding hydrogens is 329 g/mol. The van der Waals surface area contributed by atoms with E-state index in [-0.39, 0.29) is 18.3 Å². The van der Waals surface area contributed by atoms with Crippen molar-refractivity contribution in [3.63, 3.8) is 0 Å². The summed E-state index contributed by atoms with van der Waals surface area (Å²) in [6, 6.07) is 18.3. The second kappa shape index (κ2) is 8.76. The van der Waals surface area contributed by atoms with Crippen LogP contribution < -0.4 is 10.6 Å². The molecule has 0 bridgehead atoms. The van der Waals surface area contributed by atoms with Gasteiger partial charge >= 0.3 is 0 Å². The monoisotopic (exact) mass is 349 g/mol. The number of nitrogens with one attached hydrogen (secondary N) is 2. The molecule has 2 aromatic carbocycles.